The summed E-state index contributed by atoms with van der Waals surface area (Å²) in [6, 6.07) is 21.9. The molecule has 2 N–H and O–H groups in total. The van der Waals surface area contributed by atoms with Crippen molar-refractivity contribution in [2.45, 2.75) is 0 Å². The van der Waals surface area contributed by atoms with Crippen LogP contribution in [0.3, 0.4) is 0 Å². The molecular weight excluding hydrogens is 472 g/mol. The molecule has 0 aliphatic carbocycles. The van der Waals surface area contributed by atoms with Gasteiger partial charge in [-0.2, -0.15) is 10.2 Å². The maximum absolute atomic E-state index is 13.0. The summed E-state index contributed by atoms with van der Waals surface area (Å²) in [6.07, 6.45) is 3.15. The number of ether oxygens (including phenoxy) is 1. The number of methoxy groups -OCH3 is 1. The summed E-state index contributed by atoms with van der Waals surface area (Å²) in [4.78, 5) is 13.0. The van der Waals surface area contributed by atoms with Crippen LogP contribution in [0.25, 0.3) is 16.9 Å². The van der Waals surface area contributed by atoms with E-state index in [9.17, 15) is 9.90 Å². The van der Waals surface area contributed by atoms with Crippen LogP contribution in [0, 0.1) is 0 Å². The van der Waals surface area contributed by atoms with Gasteiger partial charge < -0.3 is 9.84 Å². The number of benzene rings is 3. The van der Waals surface area contributed by atoms with E-state index in [0.717, 1.165) is 15.7 Å². The molecule has 0 saturated heterocycles. The molecule has 0 spiro atoms. The number of hydrogen-bond acceptors (Lipinski definition) is 5. The fraction of sp³-hybridized carbons (Fsp3) is 0.0417. The van der Waals surface area contributed by atoms with Crippen LogP contribution in [-0.2, 0) is 0 Å². The van der Waals surface area contributed by atoms with E-state index in [-0.39, 0.29) is 5.75 Å². The second-order valence-corrected chi connectivity index (χ2v) is 7.72. The number of carbonyl (C=O) groups is 1. The molecule has 0 aliphatic heterocycles. The van der Waals surface area contributed by atoms with Crippen molar-refractivity contribution in [3.8, 4) is 28.4 Å². The molecule has 32 heavy (non-hydrogen) atoms. The molecule has 0 fully saturated rings. The molecule has 8 heteroatoms. The van der Waals surface area contributed by atoms with E-state index in [1.807, 2.05) is 54.6 Å². The minimum atomic E-state index is -0.396. The van der Waals surface area contributed by atoms with Crippen molar-refractivity contribution < 1.29 is 14.6 Å². The van der Waals surface area contributed by atoms with E-state index in [1.54, 1.807) is 23.0 Å². The lowest BCUT2D eigenvalue weighted by atomic mass is 10.1. The van der Waals surface area contributed by atoms with Crippen molar-refractivity contribution in [3.05, 3.63) is 94.6 Å². The number of amides is 1. The number of hydrogen-bond donors (Lipinski definition) is 2. The van der Waals surface area contributed by atoms with E-state index >= 15 is 0 Å². The molecule has 1 aromatic heterocycles. The van der Waals surface area contributed by atoms with Gasteiger partial charge >= 0.3 is 0 Å². The lowest BCUT2D eigenvalue weighted by molar-refractivity contribution is 0.0955. The van der Waals surface area contributed by atoms with Crippen LogP contribution in [-0.4, -0.2) is 34.1 Å². The summed E-state index contributed by atoms with van der Waals surface area (Å²) in [6.45, 7) is 0. The van der Waals surface area contributed by atoms with E-state index in [1.165, 1.54) is 19.4 Å². The van der Waals surface area contributed by atoms with Gasteiger partial charge in [-0.1, -0.05) is 46.3 Å². The normalized spacial score (nSPS) is 10.9. The predicted molar refractivity (Wildman–Crippen MR) is 126 cm³/mol. The average Bonchev–Trinajstić information content (AvgIpc) is 3.27. The Bertz CT molecular complexity index is 1270. The number of carbonyl (C=O) groups excluding carboxylic acids is 1. The van der Waals surface area contributed by atoms with Gasteiger partial charge in [0, 0.05) is 16.2 Å². The van der Waals surface area contributed by atoms with E-state index in [0.29, 0.717) is 22.6 Å². The van der Waals surface area contributed by atoms with Crippen LogP contribution in [0.1, 0.15) is 15.9 Å². The number of rotatable bonds is 6. The van der Waals surface area contributed by atoms with Crippen molar-refractivity contribution in [2.24, 2.45) is 5.10 Å². The van der Waals surface area contributed by atoms with Crippen LogP contribution < -0.4 is 10.2 Å². The summed E-state index contributed by atoms with van der Waals surface area (Å²) in [5.74, 6) is -0.0461. The second kappa shape index (κ2) is 9.49. The number of aromatic hydroxyl groups is 1. The third-order valence-electron chi connectivity index (χ3n) is 4.68. The molecule has 1 amide bonds. The molecule has 0 radical (unpaired) electrons. The van der Waals surface area contributed by atoms with Gasteiger partial charge in [-0.25, -0.2) is 10.1 Å². The molecule has 0 bridgehead atoms. The third kappa shape index (κ3) is 4.70. The Morgan fingerprint density at radius 1 is 1.12 bits per heavy atom. The molecule has 0 unspecified atom stereocenters. The van der Waals surface area contributed by atoms with E-state index in [2.05, 4.69) is 31.6 Å². The van der Waals surface area contributed by atoms with Crippen molar-refractivity contribution in [2.75, 3.05) is 7.11 Å². The van der Waals surface area contributed by atoms with Gasteiger partial charge in [-0.05, 0) is 48.0 Å². The van der Waals surface area contributed by atoms with Crippen LogP contribution >= 0.6 is 15.9 Å². The van der Waals surface area contributed by atoms with Gasteiger partial charge in [-0.15, -0.1) is 0 Å². The number of nitrogens with zero attached hydrogens (tertiary/aromatic N) is 3. The number of para-hydroxylation sites is 1. The number of aromatic nitrogens is 2. The summed E-state index contributed by atoms with van der Waals surface area (Å²) in [5, 5.41) is 18.4. The predicted octanol–water partition coefficient (Wildman–Crippen LogP) is 4.78. The number of halogens is 1. The molecule has 0 saturated carbocycles. The summed E-state index contributed by atoms with van der Waals surface area (Å²) in [5.41, 5.74) is 5.78. The van der Waals surface area contributed by atoms with E-state index in [4.69, 9.17) is 4.74 Å². The Labute approximate surface area is 193 Å². The quantitative estimate of drug-likeness (QED) is 0.300. The number of hydrazone groups is 1. The first kappa shape index (κ1) is 21.3. The molecule has 4 rings (SSSR count). The highest BCUT2D eigenvalue weighted by Crippen LogP contribution is 2.26. The maximum atomic E-state index is 13.0. The lowest BCUT2D eigenvalue weighted by Crippen LogP contribution is -2.18. The number of phenolic OH excluding ortho intramolecular Hbond substituents is 1. The summed E-state index contributed by atoms with van der Waals surface area (Å²) >= 11 is 3.43. The molecule has 7 nitrogen and oxygen atoms in total. The number of nitrogens with one attached hydrogen (secondary N) is 1. The van der Waals surface area contributed by atoms with Gasteiger partial charge in [0.05, 0.1) is 24.6 Å². The first-order valence-electron chi connectivity index (χ1n) is 9.66. The minimum Gasteiger partial charge on any atom is -0.504 e. The molecule has 0 aliphatic rings. The molecule has 160 valence electrons. The fourth-order valence-corrected chi connectivity index (χ4v) is 3.34. The van der Waals surface area contributed by atoms with Gasteiger partial charge in [0.2, 0.25) is 0 Å². The first-order valence-corrected chi connectivity index (χ1v) is 10.5. The maximum Gasteiger partial charge on any atom is 0.275 e. The van der Waals surface area contributed by atoms with Crippen LogP contribution in [0.5, 0.6) is 11.5 Å². The second-order valence-electron chi connectivity index (χ2n) is 6.81. The highest BCUT2D eigenvalue weighted by Gasteiger charge is 2.18. The summed E-state index contributed by atoms with van der Waals surface area (Å²) < 4.78 is 7.69. The zero-order valence-corrected chi connectivity index (χ0v) is 18.7. The van der Waals surface area contributed by atoms with Gasteiger partial charge in [-0.3, -0.25) is 4.79 Å². The standard InChI is InChI=1S/C24H19BrN4O3/c1-32-22-13-16(7-12-21(22)30)14-26-27-24(31)20-15-29(19-5-3-2-4-6-19)28-23(20)17-8-10-18(25)11-9-17/h2-15,30H,1H3,(H,27,31). The van der Waals surface area contributed by atoms with Crippen molar-refractivity contribution in [1.29, 1.82) is 0 Å². The fourth-order valence-electron chi connectivity index (χ4n) is 3.07. The van der Waals surface area contributed by atoms with Gasteiger partial charge in [0.15, 0.2) is 11.5 Å². The average molecular weight is 491 g/mol. The third-order valence-corrected chi connectivity index (χ3v) is 5.21. The highest BCUT2D eigenvalue weighted by atomic mass is 79.9. The zero-order chi connectivity index (χ0) is 22.5. The Balaban J connectivity index is 1.63. The molecule has 3 aromatic carbocycles. The Kier molecular flexibility index (Phi) is 6.32. The smallest absolute Gasteiger partial charge is 0.275 e. The Morgan fingerprint density at radius 2 is 1.88 bits per heavy atom. The SMILES string of the molecule is COc1cc(C=NNC(=O)c2cn(-c3ccccc3)nc2-c2ccc(Br)cc2)ccc1O. The number of phenols is 1. The Morgan fingerprint density at radius 3 is 2.59 bits per heavy atom. The van der Waals surface area contributed by atoms with Crippen LogP contribution in [0.4, 0.5) is 0 Å². The van der Waals surface area contributed by atoms with Crippen molar-refractivity contribution in [3.63, 3.8) is 0 Å². The summed E-state index contributed by atoms with van der Waals surface area (Å²) in [7, 11) is 1.46. The molecular formula is C24H19BrN4O3. The molecule has 1 heterocycles. The Hall–Kier alpha value is -3.91. The van der Waals surface area contributed by atoms with Crippen LogP contribution in [0.2, 0.25) is 0 Å². The largest absolute Gasteiger partial charge is 0.504 e. The first-order chi connectivity index (χ1) is 15.5. The topological polar surface area (TPSA) is 88.7 Å². The van der Waals surface area contributed by atoms with Gasteiger partial charge in [0.1, 0.15) is 5.69 Å². The van der Waals surface area contributed by atoms with Gasteiger partial charge in [0.25, 0.3) is 5.91 Å². The monoisotopic (exact) mass is 490 g/mol. The highest BCUT2D eigenvalue weighted by molar-refractivity contribution is 9.10. The molecule has 0 atom stereocenters. The van der Waals surface area contributed by atoms with Crippen molar-refractivity contribution >= 4 is 28.1 Å². The van der Waals surface area contributed by atoms with E-state index < -0.39 is 5.91 Å². The lowest BCUT2D eigenvalue weighted by Gasteiger charge is -2.04. The zero-order valence-electron chi connectivity index (χ0n) is 17.1. The minimum absolute atomic E-state index is 0.0288. The van der Waals surface area contributed by atoms with Crippen molar-refractivity contribution in [1.82, 2.24) is 15.2 Å². The van der Waals surface area contributed by atoms with Crippen LogP contribution in [0.15, 0.2) is 88.6 Å². The molecule has 4 aromatic rings.